The second-order valence-electron chi connectivity index (χ2n) is 4.27. The second-order valence-corrected chi connectivity index (χ2v) is 5.12. The molecule has 0 aliphatic heterocycles. The summed E-state index contributed by atoms with van der Waals surface area (Å²) in [5, 5.41) is 2.54. The quantitative estimate of drug-likeness (QED) is 0.908. The number of benzene rings is 2. The molecular weight excluding hydrogens is 344 g/mol. The molecular formula is C15H12BrF2NO2. The average Bonchev–Trinajstić information content (AvgIpc) is 2.47. The van der Waals surface area contributed by atoms with Crippen LogP contribution in [0.15, 0.2) is 40.9 Å². The van der Waals surface area contributed by atoms with Gasteiger partial charge in [-0.25, -0.2) is 8.78 Å². The molecule has 3 nitrogen and oxygen atoms in total. The Kier molecular flexibility index (Phi) is 4.90. The number of rotatable bonds is 4. The molecule has 0 aliphatic carbocycles. The molecule has 0 saturated carbocycles. The van der Waals surface area contributed by atoms with Crippen molar-refractivity contribution in [2.24, 2.45) is 0 Å². The summed E-state index contributed by atoms with van der Waals surface area (Å²) < 4.78 is 32.2. The molecule has 0 aromatic heterocycles. The van der Waals surface area contributed by atoms with E-state index in [1.807, 2.05) is 0 Å². The zero-order chi connectivity index (χ0) is 15.4. The average molecular weight is 356 g/mol. The van der Waals surface area contributed by atoms with E-state index in [1.54, 1.807) is 18.2 Å². The molecule has 0 aliphatic rings. The van der Waals surface area contributed by atoms with Gasteiger partial charge in [-0.3, -0.25) is 4.79 Å². The van der Waals surface area contributed by atoms with Crippen LogP contribution in [-0.2, 0) is 6.54 Å². The van der Waals surface area contributed by atoms with Crippen LogP contribution in [0.2, 0.25) is 0 Å². The Balaban J connectivity index is 2.08. The highest BCUT2D eigenvalue weighted by Gasteiger charge is 2.10. The Morgan fingerprint density at radius 3 is 2.67 bits per heavy atom. The number of halogens is 3. The summed E-state index contributed by atoms with van der Waals surface area (Å²) in [6, 6.07) is 7.93. The van der Waals surface area contributed by atoms with Gasteiger partial charge in [0.2, 0.25) is 0 Å². The number of hydrogen-bond acceptors (Lipinski definition) is 2. The predicted molar refractivity (Wildman–Crippen MR) is 78.2 cm³/mol. The molecule has 0 saturated heterocycles. The summed E-state index contributed by atoms with van der Waals surface area (Å²) in [5.41, 5.74) is 0.482. The maximum Gasteiger partial charge on any atom is 0.251 e. The normalized spacial score (nSPS) is 10.3. The Hall–Kier alpha value is -1.95. The number of nitrogens with one attached hydrogen (secondary N) is 1. The van der Waals surface area contributed by atoms with E-state index in [-0.39, 0.29) is 18.0 Å². The molecule has 0 fully saturated rings. The standard InChI is InChI=1S/C15H12BrF2NO2/c1-21-14-5-2-9(7-12(14)16)15(20)19-8-10-6-11(17)3-4-13(10)18/h2-7H,8H2,1H3,(H,19,20). The third-order valence-electron chi connectivity index (χ3n) is 2.86. The van der Waals surface area contributed by atoms with Crippen molar-refractivity contribution in [1.82, 2.24) is 5.32 Å². The molecule has 0 heterocycles. The third-order valence-corrected chi connectivity index (χ3v) is 3.48. The van der Waals surface area contributed by atoms with Crippen molar-refractivity contribution in [3.05, 3.63) is 63.6 Å². The molecule has 2 aromatic rings. The van der Waals surface area contributed by atoms with Crippen LogP contribution in [0.25, 0.3) is 0 Å². The lowest BCUT2D eigenvalue weighted by Crippen LogP contribution is -2.23. The van der Waals surface area contributed by atoms with Gasteiger partial charge in [0.05, 0.1) is 11.6 Å². The Morgan fingerprint density at radius 2 is 2.00 bits per heavy atom. The number of ether oxygens (including phenoxy) is 1. The fourth-order valence-corrected chi connectivity index (χ4v) is 2.30. The molecule has 1 amide bonds. The number of hydrogen-bond donors (Lipinski definition) is 1. The highest BCUT2D eigenvalue weighted by molar-refractivity contribution is 9.10. The SMILES string of the molecule is COc1ccc(C(=O)NCc2cc(F)ccc2F)cc1Br. The molecule has 0 unspecified atom stereocenters. The first-order valence-electron chi connectivity index (χ1n) is 6.07. The smallest absolute Gasteiger partial charge is 0.251 e. The lowest BCUT2D eigenvalue weighted by Gasteiger charge is -2.08. The lowest BCUT2D eigenvalue weighted by molar-refractivity contribution is 0.0950. The van der Waals surface area contributed by atoms with Crippen molar-refractivity contribution in [2.75, 3.05) is 7.11 Å². The summed E-state index contributed by atoms with van der Waals surface area (Å²) >= 11 is 3.28. The van der Waals surface area contributed by atoms with Crippen LogP contribution < -0.4 is 10.1 Å². The van der Waals surface area contributed by atoms with Gasteiger partial charge in [0.1, 0.15) is 17.4 Å². The van der Waals surface area contributed by atoms with Gasteiger partial charge < -0.3 is 10.1 Å². The summed E-state index contributed by atoms with van der Waals surface area (Å²) in [4.78, 5) is 12.0. The summed E-state index contributed by atoms with van der Waals surface area (Å²) in [6.45, 7) is -0.0912. The number of amides is 1. The maximum absolute atomic E-state index is 13.4. The highest BCUT2D eigenvalue weighted by Crippen LogP contribution is 2.25. The van der Waals surface area contributed by atoms with Crippen LogP contribution in [0.1, 0.15) is 15.9 Å². The molecule has 110 valence electrons. The van der Waals surface area contributed by atoms with E-state index in [2.05, 4.69) is 21.2 Å². The third kappa shape index (κ3) is 3.78. The molecule has 2 rings (SSSR count). The van der Waals surface area contributed by atoms with Crippen molar-refractivity contribution < 1.29 is 18.3 Å². The van der Waals surface area contributed by atoms with E-state index in [0.29, 0.717) is 15.8 Å². The molecule has 0 radical (unpaired) electrons. The Labute approximate surface area is 129 Å². The maximum atomic E-state index is 13.4. The topological polar surface area (TPSA) is 38.3 Å². The minimum absolute atomic E-state index is 0.0912. The van der Waals surface area contributed by atoms with E-state index in [0.717, 1.165) is 18.2 Å². The molecule has 1 N–H and O–H groups in total. The Bertz CT molecular complexity index is 677. The molecule has 21 heavy (non-hydrogen) atoms. The fraction of sp³-hybridized carbons (Fsp3) is 0.133. The van der Waals surface area contributed by atoms with Gasteiger partial charge in [-0.05, 0) is 52.3 Å². The van der Waals surface area contributed by atoms with E-state index in [1.165, 1.54) is 7.11 Å². The van der Waals surface area contributed by atoms with Crippen LogP contribution >= 0.6 is 15.9 Å². The first kappa shape index (κ1) is 15.4. The monoisotopic (exact) mass is 355 g/mol. The zero-order valence-corrected chi connectivity index (χ0v) is 12.7. The van der Waals surface area contributed by atoms with Crippen LogP contribution in [0.5, 0.6) is 5.75 Å². The summed E-state index contributed by atoms with van der Waals surface area (Å²) in [5.74, 6) is -0.898. The first-order valence-corrected chi connectivity index (χ1v) is 6.86. The van der Waals surface area contributed by atoms with Gasteiger partial charge in [0.25, 0.3) is 5.91 Å². The van der Waals surface area contributed by atoms with Crippen molar-refractivity contribution >= 4 is 21.8 Å². The van der Waals surface area contributed by atoms with Crippen molar-refractivity contribution in [3.8, 4) is 5.75 Å². The Morgan fingerprint density at radius 1 is 1.24 bits per heavy atom. The van der Waals surface area contributed by atoms with Gasteiger partial charge in [-0.1, -0.05) is 0 Å². The molecule has 0 bridgehead atoms. The predicted octanol–water partition coefficient (Wildman–Crippen LogP) is 3.67. The van der Waals surface area contributed by atoms with Crippen LogP contribution in [0, 0.1) is 11.6 Å². The van der Waals surface area contributed by atoms with E-state index in [9.17, 15) is 13.6 Å². The summed E-state index contributed by atoms with van der Waals surface area (Å²) in [6.07, 6.45) is 0. The second kappa shape index (κ2) is 6.67. The van der Waals surface area contributed by atoms with Crippen molar-refractivity contribution in [3.63, 3.8) is 0 Å². The molecule has 0 spiro atoms. The van der Waals surface area contributed by atoms with Gasteiger partial charge in [0.15, 0.2) is 0 Å². The minimum atomic E-state index is -0.562. The van der Waals surface area contributed by atoms with E-state index < -0.39 is 11.6 Å². The molecule has 6 heteroatoms. The van der Waals surface area contributed by atoms with E-state index in [4.69, 9.17) is 4.74 Å². The van der Waals surface area contributed by atoms with Crippen LogP contribution in [0.3, 0.4) is 0 Å². The summed E-state index contributed by atoms with van der Waals surface area (Å²) in [7, 11) is 1.52. The minimum Gasteiger partial charge on any atom is -0.496 e. The van der Waals surface area contributed by atoms with Crippen molar-refractivity contribution in [1.29, 1.82) is 0 Å². The fourth-order valence-electron chi connectivity index (χ4n) is 1.76. The first-order chi connectivity index (χ1) is 10.0. The number of carbonyl (C=O) groups excluding carboxylic acids is 1. The van der Waals surface area contributed by atoms with Crippen LogP contribution in [0.4, 0.5) is 8.78 Å². The van der Waals surface area contributed by atoms with Crippen LogP contribution in [-0.4, -0.2) is 13.0 Å². The highest BCUT2D eigenvalue weighted by atomic mass is 79.9. The molecule has 0 atom stereocenters. The number of carbonyl (C=O) groups is 1. The molecule has 2 aromatic carbocycles. The van der Waals surface area contributed by atoms with Gasteiger partial charge in [0, 0.05) is 17.7 Å². The zero-order valence-electron chi connectivity index (χ0n) is 11.1. The van der Waals surface area contributed by atoms with Crippen molar-refractivity contribution in [2.45, 2.75) is 6.54 Å². The van der Waals surface area contributed by atoms with Gasteiger partial charge in [-0.15, -0.1) is 0 Å². The number of methoxy groups -OCH3 is 1. The van der Waals surface area contributed by atoms with Gasteiger partial charge >= 0.3 is 0 Å². The largest absolute Gasteiger partial charge is 0.496 e. The van der Waals surface area contributed by atoms with E-state index >= 15 is 0 Å². The van der Waals surface area contributed by atoms with Gasteiger partial charge in [-0.2, -0.15) is 0 Å². The lowest BCUT2D eigenvalue weighted by atomic mass is 10.1.